The topological polar surface area (TPSA) is 87.9 Å². The third kappa shape index (κ3) is 4.06. The maximum atomic E-state index is 11.9. The van der Waals surface area contributed by atoms with Crippen LogP contribution < -0.4 is 16.0 Å². The van der Waals surface area contributed by atoms with E-state index in [1.807, 2.05) is 17.9 Å². The van der Waals surface area contributed by atoms with Gasteiger partial charge in [-0.1, -0.05) is 0 Å². The smallest absolute Gasteiger partial charge is 0.337 e. The minimum atomic E-state index is -0.401. The quantitative estimate of drug-likeness (QED) is 0.647. The van der Waals surface area contributed by atoms with Crippen LogP contribution in [0.4, 0.5) is 16.2 Å². The largest absolute Gasteiger partial charge is 0.465 e. The van der Waals surface area contributed by atoms with Gasteiger partial charge in [-0.3, -0.25) is 0 Å². The first-order chi connectivity index (χ1) is 11.1. The third-order valence-corrected chi connectivity index (χ3v) is 3.90. The number of nitrogens with zero attached hydrogens (tertiary/aromatic N) is 2. The highest BCUT2D eigenvalue weighted by Crippen LogP contribution is 2.25. The molecule has 126 valence electrons. The number of anilines is 2. The summed E-state index contributed by atoms with van der Waals surface area (Å²) in [5.41, 5.74) is 7.96. The fourth-order valence-corrected chi connectivity index (χ4v) is 2.71. The number of urea groups is 1. The minimum Gasteiger partial charge on any atom is -0.465 e. The molecule has 0 aromatic heterocycles. The lowest BCUT2D eigenvalue weighted by molar-refractivity contribution is 0.0601. The molecule has 0 saturated carbocycles. The number of amides is 2. The maximum absolute atomic E-state index is 11.9. The normalized spacial score (nSPS) is 15.0. The molecule has 7 nitrogen and oxygen atoms in total. The number of methoxy groups -OCH3 is 1. The van der Waals surface area contributed by atoms with Gasteiger partial charge in [0.1, 0.15) is 0 Å². The van der Waals surface area contributed by atoms with E-state index in [-0.39, 0.29) is 6.03 Å². The standard InChI is InChI=1S/C16H24N4O3/c1-3-18-16(22)20-8-4-7-19(9-10-20)14-6-5-12(11-13(14)17)15(21)23-2/h5-6,11H,3-4,7-10,17H2,1-2H3,(H,18,22). The first-order valence-corrected chi connectivity index (χ1v) is 7.82. The van der Waals surface area contributed by atoms with Crippen LogP contribution in [0.25, 0.3) is 0 Å². The number of ether oxygens (including phenoxy) is 1. The summed E-state index contributed by atoms with van der Waals surface area (Å²) >= 11 is 0. The van der Waals surface area contributed by atoms with Crippen LogP contribution in [0, 0.1) is 0 Å². The number of hydrogen-bond acceptors (Lipinski definition) is 5. The van der Waals surface area contributed by atoms with Crippen molar-refractivity contribution < 1.29 is 14.3 Å². The molecule has 0 radical (unpaired) electrons. The Morgan fingerprint density at radius 1 is 1.26 bits per heavy atom. The van der Waals surface area contributed by atoms with Crippen molar-refractivity contribution in [1.29, 1.82) is 0 Å². The van der Waals surface area contributed by atoms with Crippen molar-refractivity contribution in [2.45, 2.75) is 13.3 Å². The average Bonchev–Trinajstić information content (AvgIpc) is 2.80. The Labute approximate surface area is 136 Å². The lowest BCUT2D eigenvalue weighted by Gasteiger charge is -2.25. The Morgan fingerprint density at radius 3 is 2.70 bits per heavy atom. The second-order valence-electron chi connectivity index (χ2n) is 5.43. The van der Waals surface area contributed by atoms with E-state index >= 15 is 0 Å². The molecule has 0 atom stereocenters. The summed E-state index contributed by atoms with van der Waals surface area (Å²) in [5, 5.41) is 2.83. The average molecular weight is 320 g/mol. The number of hydrogen-bond donors (Lipinski definition) is 2. The molecule has 0 aliphatic carbocycles. The zero-order valence-electron chi connectivity index (χ0n) is 13.7. The van der Waals surface area contributed by atoms with E-state index in [0.29, 0.717) is 30.9 Å². The van der Waals surface area contributed by atoms with Gasteiger partial charge in [0.15, 0.2) is 0 Å². The number of benzene rings is 1. The molecule has 1 aromatic rings. The van der Waals surface area contributed by atoms with Crippen LogP contribution in [-0.4, -0.2) is 56.7 Å². The number of nitrogen functional groups attached to an aromatic ring is 1. The van der Waals surface area contributed by atoms with Gasteiger partial charge in [-0.2, -0.15) is 0 Å². The molecular formula is C16H24N4O3. The molecule has 1 heterocycles. The van der Waals surface area contributed by atoms with E-state index in [9.17, 15) is 9.59 Å². The molecule has 2 amide bonds. The predicted octanol–water partition coefficient (Wildman–Crippen LogP) is 1.30. The summed E-state index contributed by atoms with van der Waals surface area (Å²) in [7, 11) is 1.34. The molecule has 0 unspecified atom stereocenters. The fourth-order valence-electron chi connectivity index (χ4n) is 2.71. The van der Waals surface area contributed by atoms with E-state index in [1.54, 1.807) is 12.1 Å². The highest BCUT2D eigenvalue weighted by molar-refractivity contribution is 5.92. The molecule has 23 heavy (non-hydrogen) atoms. The number of nitrogens with one attached hydrogen (secondary N) is 1. The fraction of sp³-hybridized carbons (Fsp3) is 0.500. The van der Waals surface area contributed by atoms with Crippen LogP contribution in [0.2, 0.25) is 0 Å². The van der Waals surface area contributed by atoms with E-state index in [4.69, 9.17) is 10.5 Å². The zero-order valence-corrected chi connectivity index (χ0v) is 13.7. The second kappa shape index (κ2) is 7.71. The van der Waals surface area contributed by atoms with Crippen molar-refractivity contribution in [1.82, 2.24) is 10.2 Å². The molecule has 1 aliphatic rings. The van der Waals surface area contributed by atoms with E-state index in [2.05, 4.69) is 10.2 Å². The number of nitrogens with two attached hydrogens (primary N) is 1. The zero-order chi connectivity index (χ0) is 16.8. The van der Waals surface area contributed by atoms with Crippen molar-refractivity contribution in [2.24, 2.45) is 0 Å². The molecule has 7 heteroatoms. The third-order valence-electron chi connectivity index (χ3n) is 3.90. The van der Waals surface area contributed by atoms with Crippen LogP contribution in [0.3, 0.4) is 0 Å². The van der Waals surface area contributed by atoms with Gasteiger partial charge in [0.2, 0.25) is 0 Å². The first kappa shape index (κ1) is 16.9. The SMILES string of the molecule is CCNC(=O)N1CCCN(c2ccc(C(=O)OC)cc2N)CC1. The van der Waals surface area contributed by atoms with Gasteiger partial charge in [-0.15, -0.1) is 0 Å². The van der Waals surface area contributed by atoms with E-state index < -0.39 is 5.97 Å². The molecular weight excluding hydrogens is 296 g/mol. The Kier molecular flexibility index (Phi) is 5.67. The summed E-state index contributed by atoms with van der Waals surface area (Å²) in [4.78, 5) is 27.4. The second-order valence-corrected chi connectivity index (χ2v) is 5.43. The Bertz CT molecular complexity index is 576. The Morgan fingerprint density at radius 2 is 2.04 bits per heavy atom. The van der Waals surface area contributed by atoms with Gasteiger partial charge in [0, 0.05) is 32.7 Å². The van der Waals surface area contributed by atoms with Gasteiger partial charge in [-0.05, 0) is 31.5 Å². The number of esters is 1. The summed E-state index contributed by atoms with van der Waals surface area (Å²) in [6.07, 6.45) is 0.870. The van der Waals surface area contributed by atoms with E-state index in [1.165, 1.54) is 7.11 Å². The van der Waals surface area contributed by atoms with Crippen LogP contribution >= 0.6 is 0 Å². The number of carbonyl (C=O) groups is 2. The van der Waals surface area contributed by atoms with Crippen molar-refractivity contribution in [3.8, 4) is 0 Å². The van der Waals surface area contributed by atoms with Crippen LogP contribution in [-0.2, 0) is 4.74 Å². The lowest BCUT2D eigenvalue weighted by Crippen LogP contribution is -2.42. The monoisotopic (exact) mass is 320 g/mol. The van der Waals surface area contributed by atoms with Crippen LogP contribution in [0.1, 0.15) is 23.7 Å². The highest BCUT2D eigenvalue weighted by atomic mass is 16.5. The van der Waals surface area contributed by atoms with E-state index in [0.717, 1.165) is 25.2 Å². The maximum Gasteiger partial charge on any atom is 0.337 e. The Hall–Kier alpha value is -2.44. The predicted molar refractivity (Wildman–Crippen MR) is 89.7 cm³/mol. The van der Waals surface area contributed by atoms with Gasteiger partial charge in [-0.25, -0.2) is 9.59 Å². The molecule has 1 fully saturated rings. The summed E-state index contributed by atoms with van der Waals surface area (Å²) in [6.45, 7) is 5.43. The summed E-state index contributed by atoms with van der Waals surface area (Å²) in [5.74, 6) is -0.401. The number of carbonyl (C=O) groups excluding carboxylic acids is 2. The molecule has 3 N–H and O–H groups in total. The highest BCUT2D eigenvalue weighted by Gasteiger charge is 2.20. The molecule has 1 aliphatic heterocycles. The van der Waals surface area contributed by atoms with Crippen molar-refractivity contribution in [3.63, 3.8) is 0 Å². The van der Waals surface area contributed by atoms with Gasteiger partial charge in [0.25, 0.3) is 0 Å². The van der Waals surface area contributed by atoms with Crippen molar-refractivity contribution in [2.75, 3.05) is 50.5 Å². The van der Waals surface area contributed by atoms with Gasteiger partial charge >= 0.3 is 12.0 Å². The lowest BCUT2D eigenvalue weighted by atomic mass is 10.1. The summed E-state index contributed by atoms with van der Waals surface area (Å²) in [6, 6.07) is 5.16. The molecule has 1 aromatic carbocycles. The minimum absolute atomic E-state index is 0.0247. The first-order valence-electron chi connectivity index (χ1n) is 7.82. The molecule has 0 bridgehead atoms. The Balaban J connectivity index is 2.08. The summed E-state index contributed by atoms with van der Waals surface area (Å²) < 4.78 is 4.70. The van der Waals surface area contributed by atoms with Crippen LogP contribution in [0.5, 0.6) is 0 Å². The molecule has 0 spiro atoms. The number of rotatable bonds is 3. The van der Waals surface area contributed by atoms with Crippen molar-refractivity contribution >= 4 is 23.4 Å². The van der Waals surface area contributed by atoms with Gasteiger partial charge < -0.3 is 25.6 Å². The van der Waals surface area contributed by atoms with Gasteiger partial charge in [0.05, 0.1) is 24.0 Å². The molecule has 1 saturated heterocycles. The van der Waals surface area contributed by atoms with Crippen LogP contribution in [0.15, 0.2) is 18.2 Å². The molecule has 2 rings (SSSR count). The van der Waals surface area contributed by atoms with Crippen molar-refractivity contribution in [3.05, 3.63) is 23.8 Å².